The summed E-state index contributed by atoms with van der Waals surface area (Å²) in [4.78, 5) is 34.0. The number of methoxy groups -OCH3 is 2. The van der Waals surface area contributed by atoms with Crippen molar-refractivity contribution in [2.45, 2.75) is 25.3 Å². The van der Waals surface area contributed by atoms with Gasteiger partial charge in [0.25, 0.3) is 5.69 Å². The Hall–Kier alpha value is -2.92. The highest BCUT2D eigenvalue weighted by Gasteiger charge is 2.19. The topological polar surface area (TPSA) is 116 Å². The van der Waals surface area contributed by atoms with Gasteiger partial charge in [-0.1, -0.05) is 11.8 Å². The molecule has 0 atom stereocenters. The summed E-state index contributed by atoms with van der Waals surface area (Å²) in [5.41, 5.74) is 1.51. The number of aromatic nitrogens is 2. The Labute approximate surface area is 187 Å². The van der Waals surface area contributed by atoms with Crippen LogP contribution in [0.15, 0.2) is 23.5 Å². The van der Waals surface area contributed by atoms with Gasteiger partial charge in [0, 0.05) is 22.4 Å². The van der Waals surface area contributed by atoms with Crippen molar-refractivity contribution in [3.8, 4) is 11.5 Å². The van der Waals surface area contributed by atoms with E-state index in [0.29, 0.717) is 11.3 Å². The number of aryl methyl sites for hydroxylation is 2. The van der Waals surface area contributed by atoms with Gasteiger partial charge in [-0.25, -0.2) is 9.97 Å². The lowest BCUT2D eigenvalue weighted by molar-refractivity contribution is -0.385. The highest BCUT2D eigenvalue weighted by Crippen LogP contribution is 2.35. The number of amides is 1. The molecule has 3 aromatic rings. The van der Waals surface area contributed by atoms with E-state index < -0.39 is 4.92 Å². The molecule has 0 saturated carbocycles. The molecule has 3 rings (SSSR count). The molecule has 0 unspecified atom stereocenters. The number of carbonyl (C=O) groups is 1. The quantitative estimate of drug-likeness (QED) is 0.221. The number of carbonyl (C=O) groups excluding carboxylic acids is 1. The number of benzene rings is 1. The number of ether oxygens (including phenoxy) is 2. The van der Waals surface area contributed by atoms with Crippen molar-refractivity contribution in [3.05, 3.63) is 44.6 Å². The second-order valence-electron chi connectivity index (χ2n) is 6.62. The van der Waals surface area contributed by atoms with Gasteiger partial charge in [0.2, 0.25) is 5.91 Å². The van der Waals surface area contributed by atoms with Crippen LogP contribution in [-0.2, 0) is 11.2 Å². The molecule has 1 amide bonds. The van der Waals surface area contributed by atoms with Crippen molar-refractivity contribution in [2.75, 3.05) is 26.5 Å². The number of nitro groups is 1. The van der Waals surface area contributed by atoms with Crippen LogP contribution in [0.1, 0.15) is 16.0 Å². The number of fused-ring (bicyclic) bond motifs is 1. The lowest BCUT2D eigenvalue weighted by atomic mass is 10.1. The first-order valence-electron chi connectivity index (χ1n) is 9.35. The summed E-state index contributed by atoms with van der Waals surface area (Å²) in [5, 5.41) is 16.0. The normalized spacial score (nSPS) is 10.8. The smallest absolute Gasteiger partial charge is 0.276 e. The molecule has 0 spiro atoms. The molecule has 2 heterocycles. The molecule has 1 aromatic carbocycles. The molecule has 0 bridgehead atoms. The summed E-state index contributed by atoms with van der Waals surface area (Å²) < 4.78 is 10.4. The second kappa shape index (κ2) is 9.92. The van der Waals surface area contributed by atoms with E-state index in [0.717, 1.165) is 20.8 Å². The minimum absolute atomic E-state index is 0.0760. The number of nitro benzene ring substituents is 1. The van der Waals surface area contributed by atoms with Crippen LogP contribution >= 0.6 is 23.1 Å². The Kier molecular flexibility index (Phi) is 7.29. The Balaban J connectivity index is 1.62. The van der Waals surface area contributed by atoms with Gasteiger partial charge in [0.15, 0.2) is 11.5 Å². The monoisotopic (exact) mass is 462 g/mol. The van der Waals surface area contributed by atoms with Gasteiger partial charge in [-0.3, -0.25) is 14.9 Å². The highest BCUT2D eigenvalue weighted by atomic mass is 32.2. The molecule has 0 aliphatic carbocycles. The van der Waals surface area contributed by atoms with E-state index >= 15 is 0 Å². The van der Waals surface area contributed by atoms with Crippen molar-refractivity contribution < 1.29 is 19.2 Å². The zero-order valence-corrected chi connectivity index (χ0v) is 19.2. The van der Waals surface area contributed by atoms with E-state index in [2.05, 4.69) is 15.3 Å². The number of rotatable bonds is 9. The van der Waals surface area contributed by atoms with Crippen LogP contribution in [0.3, 0.4) is 0 Å². The predicted octanol–water partition coefficient (Wildman–Crippen LogP) is 3.68. The van der Waals surface area contributed by atoms with Crippen molar-refractivity contribution in [3.63, 3.8) is 0 Å². The van der Waals surface area contributed by atoms with E-state index in [1.165, 1.54) is 43.3 Å². The Morgan fingerprint density at radius 2 is 1.94 bits per heavy atom. The molecule has 0 aliphatic heterocycles. The fourth-order valence-corrected chi connectivity index (χ4v) is 5.01. The lowest BCUT2D eigenvalue weighted by Gasteiger charge is -2.11. The van der Waals surface area contributed by atoms with E-state index in [9.17, 15) is 14.9 Å². The largest absolute Gasteiger partial charge is 0.493 e. The van der Waals surface area contributed by atoms with E-state index in [1.807, 2.05) is 13.8 Å². The first kappa shape index (κ1) is 22.8. The third-order valence-electron chi connectivity index (χ3n) is 4.77. The third-order valence-corrected chi connectivity index (χ3v) is 6.87. The SMILES string of the molecule is COc1cc(CCNC(=O)CSc2ncnc3sc(C)c(C)c23)c([N+](=O)[O-])cc1OC. The van der Waals surface area contributed by atoms with Gasteiger partial charge >= 0.3 is 0 Å². The van der Waals surface area contributed by atoms with Gasteiger partial charge in [0.1, 0.15) is 16.2 Å². The zero-order chi connectivity index (χ0) is 22.5. The van der Waals surface area contributed by atoms with Gasteiger partial charge < -0.3 is 14.8 Å². The predicted molar refractivity (Wildman–Crippen MR) is 121 cm³/mol. The molecular weight excluding hydrogens is 440 g/mol. The summed E-state index contributed by atoms with van der Waals surface area (Å²) in [6, 6.07) is 2.90. The highest BCUT2D eigenvalue weighted by molar-refractivity contribution is 8.00. The molecule has 31 heavy (non-hydrogen) atoms. The minimum atomic E-state index is -0.472. The molecule has 9 nitrogen and oxygen atoms in total. The number of thiophene rings is 1. The number of nitrogens with zero attached hydrogens (tertiary/aromatic N) is 3. The number of hydrogen-bond donors (Lipinski definition) is 1. The first-order chi connectivity index (χ1) is 14.8. The molecule has 0 aliphatic rings. The van der Waals surface area contributed by atoms with Crippen molar-refractivity contribution in [1.82, 2.24) is 15.3 Å². The van der Waals surface area contributed by atoms with E-state index in [4.69, 9.17) is 9.47 Å². The van der Waals surface area contributed by atoms with Crippen molar-refractivity contribution in [2.24, 2.45) is 0 Å². The number of thioether (sulfide) groups is 1. The third kappa shape index (κ3) is 5.05. The van der Waals surface area contributed by atoms with Crippen LogP contribution in [-0.4, -0.2) is 47.3 Å². The summed E-state index contributed by atoms with van der Waals surface area (Å²) in [7, 11) is 2.89. The average Bonchev–Trinajstić information content (AvgIpc) is 3.05. The van der Waals surface area contributed by atoms with Crippen LogP contribution in [0.25, 0.3) is 10.2 Å². The molecule has 1 N–H and O–H groups in total. The molecular formula is C20H22N4O5S2. The Morgan fingerprint density at radius 3 is 2.61 bits per heavy atom. The van der Waals surface area contributed by atoms with Gasteiger partial charge in [-0.05, 0) is 31.9 Å². The maximum absolute atomic E-state index is 12.3. The molecule has 2 aromatic heterocycles. The number of hydrogen-bond acceptors (Lipinski definition) is 9. The summed E-state index contributed by atoms with van der Waals surface area (Å²) in [6.45, 7) is 4.32. The van der Waals surface area contributed by atoms with Gasteiger partial charge in [-0.2, -0.15) is 0 Å². The van der Waals surface area contributed by atoms with Crippen LogP contribution in [0.2, 0.25) is 0 Å². The Bertz CT molecular complexity index is 1130. The van der Waals surface area contributed by atoms with Crippen LogP contribution in [0, 0.1) is 24.0 Å². The van der Waals surface area contributed by atoms with Gasteiger partial charge in [-0.15, -0.1) is 11.3 Å². The maximum Gasteiger partial charge on any atom is 0.276 e. The fraction of sp³-hybridized carbons (Fsp3) is 0.350. The van der Waals surface area contributed by atoms with Crippen LogP contribution in [0.4, 0.5) is 5.69 Å². The summed E-state index contributed by atoms with van der Waals surface area (Å²) in [5.74, 6) is 0.700. The second-order valence-corrected chi connectivity index (χ2v) is 8.79. The zero-order valence-electron chi connectivity index (χ0n) is 17.6. The summed E-state index contributed by atoms with van der Waals surface area (Å²) >= 11 is 2.96. The first-order valence-corrected chi connectivity index (χ1v) is 11.1. The maximum atomic E-state index is 12.3. The minimum Gasteiger partial charge on any atom is -0.493 e. The molecule has 11 heteroatoms. The van der Waals surface area contributed by atoms with Gasteiger partial charge in [0.05, 0.1) is 31.0 Å². The van der Waals surface area contributed by atoms with Crippen molar-refractivity contribution >= 4 is 44.9 Å². The molecule has 0 saturated heterocycles. The standard InChI is InChI=1S/C20H22N4O5S2/c1-11-12(2)31-20-18(11)19(22-10-23-20)30-9-17(25)21-6-5-13-7-15(28-3)16(29-4)8-14(13)24(26)27/h7-8,10H,5-6,9H2,1-4H3,(H,21,25). The lowest BCUT2D eigenvalue weighted by Crippen LogP contribution is -2.27. The summed E-state index contributed by atoms with van der Waals surface area (Å²) in [6.07, 6.45) is 1.79. The van der Waals surface area contributed by atoms with Crippen LogP contribution < -0.4 is 14.8 Å². The van der Waals surface area contributed by atoms with Crippen LogP contribution in [0.5, 0.6) is 11.5 Å². The van der Waals surface area contributed by atoms with Crippen molar-refractivity contribution in [1.29, 1.82) is 0 Å². The fourth-order valence-electron chi connectivity index (χ4n) is 3.06. The van der Waals surface area contributed by atoms with E-state index in [1.54, 1.807) is 17.4 Å². The molecule has 164 valence electrons. The Morgan fingerprint density at radius 1 is 1.23 bits per heavy atom. The van der Waals surface area contributed by atoms with E-state index in [-0.39, 0.29) is 36.1 Å². The number of nitrogens with one attached hydrogen (secondary N) is 1. The average molecular weight is 463 g/mol. The molecule has 0 fully saturated rings. The molecule has 0 radical (unpaired) electrons.